The van der Waals surface area contributed by atoms with E-state index < -0.39 is 5.92 Å². The van der Waals surface area contributed by atoms with Crippen LogP contribution >= 0.6 is 11.8 Å². The van der Waals surface area contributed by atoms with E-state index in [4.69, 9.17) is 9.84 Å². The van der Waals surface area contributed by atoms with Gasteiger partial charge in [-0.2, -0.15) is 0 Å². The summed E-state index contributed by atoms with van der Waals surface area (Å²) in [7, 11) is 0. The van der Waals surface area contributed by atoms with Crippen molar-refractivity contribution >= 4 is 23.3 Å². The summed E-state index contributed by atoms with van der Waals surface area (Å²) in [4.78, 5) is 26.1. The SMILES string of the molecule is CC1=C(Sc2cc(C)cc(C)c2)C(COCCO)C(=O)CC1=O. The number of rotatable bonds is 6. The number of aliphatic hydroxyl groups is 1. The number of ketones is 2. The van der Waals surface area contributed by atoms with Gasteiger partial charge in [0.25, 0.3) is 0 Å². The zero-order chi connectivity index (χ0) is 17.0. The van der Waals surface area contributed by atoms with Crippen molar-refractivity contribution in [3.63, 3.8) is 0 Å². The summed E-state index contributed by atoms with van der Waals surface area (Å²) in [6, 6.07) is 6.19. The van der Waals surface area contributed by atoms with E-state index >= 15 is 0 Å². The second kappa shape index (κ2) is 7.90. The van der Waals surface area contributed by atoms with E-state index in [-0.39, 0.29) is 37.8 Å². The first-order valence-corrected chi connectivity index (χ1v) is 8.45. The van der Waals surface area contributed by atoms with Gasteiger partial charge >= 0.3 is 0 Å². The molecule has 1 N–H and O–H groups in total. The molecular formula is C18H22O4S. The first kappa shape index (κ1) is 17.9. The summed E-state index contributed by atoms with van der Waals surface area (Å²) in [5.74, 6) is -0.643. The quantitative estimate of drug-likeness (QED) is 0.640. The number of aryl methyl sites for hydroxylation is 2. The lowest BCUT2D eigenvalue weighted by molar-refractivity contribution is -0.129. The molecule has 0 bridgehead atoms. The predicted octanol–water partition coefficient (Wildman–Crippen LogP) is 2.84. The molecule has 1 unspecified atom stereocenters. The summed E-state index contributed by atoms with van der Waals surface area (Å²) in [6.07, 6.45) is -0.0596. The Labute approximate surface area is 140 Å². The Morgan fingerprint density at radius 3 is 2.43 bits per heavy atom. The molecule has 2 rings (SSSR count). The van der Waals surface area contributed by atoms with Crippen LogP contribution in [0.1, 0.15) is 24.5 Å². The minimum absolute atomic E-state index is 0.0596. The van der Waals surface area contributed by atoms with E-state index in [1.807, 2.05) is 26.0 Å². The summed E-state index contributed by atoms with van der Waals surface area (Å²) >= 11 is 1.47. The second-order valence-corrected chi connectivity index (χ2v) is 6.95. The molecular weight excluding hydrogens is 312 g/mol. The third-order valence-electron chi connectivity index (χ3n) is 3.77. The molecule has 0 heterocycles. The van der Waals surface area contributed by atoms with Gasteiger partial charge in [-0.15, -0.1) is 0 Å². The second-order valence-electron chi connectivity index (χ2n) is 5.83. The standard InChI is InChI=1S/C18H22O4S/c1-11-6-12(2)8-14(7-11)23-18-13(3)16(20)9-17(21)15(18)10-22-5-4-19/h6-8,15,19H,4-5,9-10H2,1-3H3. The number of ether oxygens (including phenoxy) is 1. The van der Waals surface area contributed by atoms with E-state index in [1.165, 1.54) is 11.8 Å². The van der Waals surface area contributed by atoms with Crippen LogP contribution in [0.4, 0.5) is 0 Å². The van der Waals surface area contributed by atoms with Crippen LogP contribution in [0.25, 0.3) is 0 Å². The molecule has 23 heavy (non-hydrogen) atoms. The highest BCUT2D eigenvalue weighted by Gasteiger charge is 2.33. The molecule has 0 aliphatic heterocycles. The molecule has 0 saturated carbocycles. The highest BCUT2D eigenvalue weighted by atomic mass is 32.2. The molecule has 1 atom stereocenters. The van der Waals surface area contributed by atoms with Crippen LogP contribution in [-0.4, -0.2) is 36.5 Å². The van der Waals surface area contributed by atoms with Gasteiger partial charge in [-0.25, -0.2) is 0 Å². The molecule has 0 amide bonds. The first-order chi connectivity index (χ1) is 10.9. The Morgan fingerprint density at radius 1 is 1.17 bits per heavy atom. The molecule has 0 radical (unpaired) electrons. The lowest BCUT2D eigenvalue weighted by atomic mass is 9.89. The van der Waals surface area contributed by atoms with Crippen LogP contribution in [0.15, 0.2) is 33.6 Å². The van der Waals surface area contributed by atoms with E-state index in [0.29, 0.717) is 5.57 Å². The molecule has 5 heteroatoms. The number of thioether (sulfide) groups is 1. The van der Waals surface area contributed by atoms with Crippen LogP contribution in [-0.2, 0) is 14.3 Å². The van der Waals surface area contributed by atoms with Gasteiger partial charge in [-0.05, 0) is 44.0 Å². The number of Topliss-reactive ketones (excluding diaryl/α,β-unsaturated/α-hetero) is 2. The van der Waals surface area contributed by atoms with E-state index in [9.17, 15) is 9.59 Å². The largest absolute Gasteiger partial charge is 0.394 e. The zero-order valence-corrected chi connectivity index (χ0v) is 14.5. The maximum Gasteiger partial charge on any atom is 0.166 e. The monoisotopic (exact) mass is 334 g/mol. The van der Waals surface area contributed by atoms with Crippen molar-refractivity contribution < 1.29 is 19.4 Å². The average molecular weight is 334 g/mol. The van der Waals surface area contributed by atoms with Crippen molar-refractivity contribution in [2.45, 2.75) is 32.1 Å². The number of hydrogen-bond donors (Lipinski definition) is 1. The Hall–Kier alpha value is -1.43. The molecule has 1 aliphatic rings. The van der Waals surface area contributed by atoms with Crippen molar-refractivity contribution in [1.29, 1.82) is 0 Å². The van der Waals surface area contributed by atoms with Gasteiger partial charge in [0, 0.05) is 15.4 Å². The van der Waals surface area contributed by atoms with E-state index in [2.05, 4.69) is 6.07 Å². The van der Waals surface area contributed by atoms with Gasteiger partial charge < -0.3 is 9.84 Å². The lowest BCUT2D eigenvalue weighted by Gasteiger charge is -2.25. The number of aliphatic hydroxyl groups excluding tert-OH is 1. The fourth-order valence-corrected chi connectivity index (χ4v) is 4.01. The van der Waals surface area contributed by atoms with Gasteiger partial charge in [0.05, 0.1) is 32.2 Å². The van der Waals surface area contributed by atoms with Gasteiger partial charge in [0.15, 0.2) is 11.6 Å². The fourth-order valence-electron chi connectivity index (χ4n) is 2.66. The summed E-state index contributed by atoms with van der Waals surface area (Å²) in [5, 5.41) is 8.84. The summed E-state index contributed by atoms with van der Waals surface area (Å²) in [6.45, 7) is 6.14. The van der Waals surface area contributed by atoms with Crippen molar-refractivity contribution in [2.75, 3.05) is 19.8 Å². The van der Waals surface area contributed by atoms with Crippen LogP contribution in [0.3, 0.4) is 0 Å². The molecule has 0 fully saturated rings. The molecule has 1 aromatic carbocycles. The van der Waals surface area contributed by atoms with Crippen LogP contribution < -0.4 is 0 Å². The van der Waals surface area contributed by atoms with E-state index in [1.54, 1.807) is 6.92 Å². The molecule has 1 aliphatic carbocycles. The Kier molecular flexibility index (Phi) is 6.16. The molecule has 0 spiro atoms. The lowest BCUT2D eigenvalue weighted by Crippen LogP contribution is -2.30. The van der Waals surface area contributed by atoms with Crippen LogP contribution in [0.5, 0.6) is 0 Å². The number of carbonyl (C=O) groups is 2. The van der Waals surface area contributed by atoms with Crippen molar-refractivity contribution in [3.8, 4) is 0 Å². The normalized spacial score (nSPS) is 18.7. The number of hydrogen-bond acceptors (Lipinski definition) is 5. The molecule has 124 valence electrons. The number of benzene rings is 1. The van der Waals surface area contributed by atoms with E-state index in [0.717, 1.165) is 20.9 Å². The highest BCUT2D eigenvalue weighted by Crippen LogP contribution is 2.39. The highest BCUT2D eigenvalue weighted by molar-refractivity contribution is 8.03. The fraction of sp³-hybridized carbons (Fsp3) is 0.444. The van der Waals surface area contributed by atoms with Crippen LogP contribution in [0, 0.1) is 19.8 Å². The van der Waals surface area contributed by atoms with Crippen molar-refractivity contribution in [2.24, 2.45) is 5.92 Å². The molecule has 1 aromatic rings. The van der Waals surface area contributed by atoms with Crippen LogP contribution in [0.2, 0.25) is 0 Å². The van der Waals surface area contributed by atoms with Crippen molar-refractivity contribution in [3.05, 3.63) is 39.8 Å². The molecule has 0 saturated heterocycles. The third kappa shape index (κ3) is 4.53. The third-order valence-corrected chi connectivity index (χ3v) is 5.05. The Bertz CT molecular complexity index is 628. The average Bonchev–Trinajstić information content (AvgIpc) is 2.46. The maximum atomic E-state index is 12.3. The number of allylic oxidation sites excluding steroid dienone is 1. The zero-order valence-electron chi connectivity index (χ0n) is 13.7. The van der Waals surface area contributed by atoms with Gasteiger partial charge in [0.2, 0.25) is 0 Å². The summed E-state index contributed by atoms with van der Waals surface area (Å²) < 4.78 is 5.36. The smallest absolute Gasteiger partial charge is 0.166 e. The Balaban J connectivity index is 2.30. The number of carbonyl (C=O) groups excluding carboxylic acids is 2. The molecule has 4 nitrogen and oxygen atoms in total. The Morgan fingerprint density at radius 2 is 1.83 bits per heavy atom. The van der Waals surface area contributed by atoms with Crippen molar-refractivity contribution in [1.82, 2.24) is 0 Å². The van der Waals surface area contributed by atoms with Gasteiger partial charge in [-0.1, -0.05) is 17.8 Å². The molecule has 0 aromatic heterocycles. The summed E-state index contributed by atoms with van der Waals surface area (Å²) in [5.41, 5.74) is 2.94. The van der Waals surface area contributed by atoms with Gasteiger partial charge in [-0.3, -0.25) is 9.59 Å². The minimum atomic E-state index is -0.426. The minimum Gasteiger partial charge on any atom is -0.394 e. The topological polar surface area (TPSA) is 63.6 Å². The predicted molar refractivity (Wildman–Crippen MR) is 90.5 cm³/mol. The first-order valence-electron chi connectivity index (χ1n) is 7.63. The van der Waals surface area contributed by atoms with Gasteiger partial charge in [0.1, 0.15) is 0 Å². The maximum absolute atomic E-state index is 12.3.